The minimum absolute atomic E-state index is 0.0846. The van der Waals surface area contributed by atoms with Crippen molar-refractivity contribution < 1.29 is 27.6 Å². The number of phenolic OH excluding ortho intramolecular Hbond substituents is 1. The summed E-state index contributed by atoms with van der Waals surface area (Å²) in [6, 6.07) is 15.9. The largest absolute Gasteiger partial charge is 0.505 e. The zero-order valence-corrected chi connectivity index (χ0v) is 23.1. The molecular formula is C27H23Cl2N3O6S. The van der Waals surface area contributed by atoms with Crippen molar-refractivity contribution in [1.29, 1.82) is 0 Å². The van der Waals surface area contributed by atoms with Crippen LogP contribution in [-0.2, 0) is 16.5 Å². The maximum Gasteiger partial charge on any atom is 0.298 e. The molecular weight excluding hydrogens is 565 g/mol. The molecule has 202 valence electrons. The van der Waals surface area contributed by atoms with Gasteiger partial charge in [0.15, 0.2) is 5.75 Å². The molecule has 4 aromatic carbocycles. The second-order valence-corrected chi connectivity index (χ2v) is 10.6. The van der Waals surface area contributed by atoms with E-state index >= 15 is 0 Å². The number of amides is 1. The second kappa shape index (κ2) is 11.6. The fourth-order valence-corrected chi connectivity index (χ4v) is 5.37. The molecule has 0 spiro atoms. The third-order valence-electron chi connectivity index (χ3n) is 5.69. The lowest BCUT2D eigenvalue weighted by atomic mass is 10.0. The van der Waals surface area contributed by atoms with Crippen LogP contribution in [0.3, 0.4) is 0 Å². The van der Waals surface area contributed by atoms with Crippen LogP contribution >= 0.6 is 23.2 Å². The zero-order chi connectivity index (χ0) is 28.3. The summed E-state index contributed by atoms with van der Waals surface area (Å²) in [6.07, 6.45) is 0.506. The van der Waals surface area contributed by atoms with Crippen molar-refractivity contribution in [1.82, 2.24) is 0 Å². The number of azo groups is 1. The van der Waals surface area contributed by atoms with E-state index in [4.69, 9.17) is 27.9 Å². The van der Waals surface area contributed by atoms with Gasteiger partial charge in [0.05, 0.1) is 17.2 Å². The fraction of sp³-hybridized carbons (Fsp3) is 0.148. The summed E-state index contributed by atoms with van der Waals surface area (Å²) in [7, 11) is -4.75. The van der Waals surface area contributed by atoms with Gasteiger partial charge in [0.2, 0.25) is 0 Å². The molecule has 0 bridgehead atoms. The van der Waals surface area contributed by atoms with Gasteiger partial charge < -0.3 is 15.2 Å². The van der Waals surface area contributed by atoms with Crippen molar-refractivity contribution in [3.63, 3.8) is 0 Å². The molecule has 0 aromatic heterocycles. The molecule has 0 aliphatic heterocycles. The first-order chi connectivity index (χ1) is 18.5. The van der Waals surface area contributed by atoms with Gasteiger partial charge in [0.1, 0.15) is 22.0 Å². The van der Waals surface area contributed by atoms with Crippen LogP contribution < -0.4 is 10.1 Å². The first kappa shape index (κ1) is 28.3. The van der Waals surface area contributed by atoms with E-state index in [2.05, 4.69) is 15.5 Å². The Morgan fingerprint density at radius 1 is 1.03 bits per heavy atom. The third kappa shape index (κ3) is 6.31. The predicted molar refractivity (Wildman–Crippen MR) is 151 cm³/mol. The lowest BCUT2D eigenvalue weighted by molar-refractivity contribution is 0.102. The van der Waals surface area contributed by atoms with Crippen LogP contribution in [0.15, 0.2) is 75.8 Å². The van der Waals surface area contributed by atoms with Gasteiger partial charge in [0, 0.05) is 22.2 Å². The summed E-state index contributed by atoms with van der Waals surface area (Å²) in [6.45, 7) is 4.05. The number of hydrogen-bond donors (Lipinski definition) is 3. The number of halogens is 2. The van der Waals surface area contributed by atoms with Crippen molar-refractivity contribution in [3.8, 4) is 11.5 Å². The van der Waals surface area contributed by atoms with Crippen LogP contribution in [-0.4, -0.2) is 30.6 Å². The summed E-state index contributed by atoms with van der Waals surface area (Å²) < 4.78 is 39.2. The number of aromatic hydroxyl groups is 1. The van der Waals surface area contributed by atoms with E-state index < -0.39 is 26.7 Å². The van der Waals surface area contributed by atoms with E-state index in [0.29, 0.717) is 45.8 Å². The molecule has 0 aliphatic carbocycles. The number of phenols is 1. The van der Waals surface area contributed by atoms with E-state index in [9.17, 15) is 22.9 Å². The highest BCUT2D eigenvalue weighted by atomic mass is 35.5. The van der Waals surface area contributed by atoms with Crippen LogP contribution in [0.5, 0.6) is 11.5 Å². The molecule has 4 rings (SSSR count). The Balaban J connectivity index is 1.83. The highest BCUT2D eigenvalue weighted by Crippen LogP contribution is 2.41. The van der Waals surface area contributed by atoms with Gasteiger partial charge in [-0.2, -0.15) is 8.42 Å². The number of fused-ring (bicyclic) bond motifs is 1. The molecule has 0 unspecified atom stereocenters. The van der Waals surface area contributed by atoms with Crippen LogP contribution in [0.25, 0.3) is 10.8 Å². The number of anilines is 1. The molecule has 0 saturated carbocycles. The molecule has 39 heavy (non-hydrogen) atoms. The number of ether oxygens (including phenoxy) is 1. The Bertz CT molecular complexity index is 1720. The maximum atomic E-state index is 13.2. The number of rotatable bonds is 8. The number of carbonyl (C=O) groups is 1. The van der Waals surface area contributed by atoms with Gasteiger partial charge in [-0.25, -0.2) is 0 Å². The number of nitrogens with zero attached hydrogens (tertiary/aromatic N) is 2. The minimum Gasteiger partial charge on any atom is -0.505 e. The van der Waals surface area contributed by atoms with E-state index in [0.717, 1.165) is 0 Å². The van der Waals surface area contributed by atoms with Crippen molar-refractivity contribution in [2.45, 2.75) is 25.2 Å². The van der Waals surface area contributed by atoms with E-state index in [1.165, 1.54) is 24.3 Å². The van der Waals surface area contributed by atoms with Crippen LogP contribution in [0.1, 0.15) is 29.8 Å². The van der Waals surface area contributed by atoms with Crippen LogP contribution in [0.2, 0.25) is 10.0 Å². The Hall–Kier alpha value is -3.70. The number of nitrogens with one attached hydrogen (secondary N) is 1. The van der Waals surface area contributed by atoms with E-state index in [1.807, 2.05) is 13.8 Å². The molecule has 0 atom stereocenters. The van der Waals surface area contributed by atoms with Crippen molar-refractivity contribution in [2.24, 2.45) is 10.2 Å². The smallest absolute Gasteiger partial charge is 0.298 e. The van der Waals surface area contributed by atoms with Crippen molar-refractivity contribution in [3.05, 3.63) is 81.8 Å². The van der Waals surface area contributed by atoms with Gasteiger partial charge in [-0.1, -0.05) is 54.4 Å². The topological polar surface area (TPSA) is 138 Å². The molecule has 0 radical (unpaired) electrons. The van der Waals surface area contributed by atoms with Crippen LogP contribution in [0.4, 0.5) is 17.1 Å². The number of hydrogen-bond acceptors (Lipinski definition) is 7. The van der Waals surface area contributed by atoms with Gasteiger partial charge in [-0.15, -0.1) is 10.2 Å². The second-order valence-electron chi connectivity index (χ2n) is 8.36. The monoisotopic (exact) mass is 587 g/mol. The van der Waals surface area contributed by atoms with E-state index in [-0.39, 0.29) is 22.0 Å². The number of carbonyl (C=O) groups excluding carboxylic acids is 1. The summed E-state index contributed by atoms with van der Waals surface area (Å²) in [5, 5.41) is 23.1. The molecule has 1 amide bonds. The predicted octanol–water partition coefficient (Wildman–Crippen LogP) is 7.73. The summed E-state index contributed by atoms with van der Waals surface area (Å²) in [5.74, 6) is -0.692. The van der Waals surface area contributed by atoms with Gasteiger partial charge in [-0.3, -0.25) is 9.35 Å². The Morgan fingerprint density at radius 2 is 1.77 bits per heavy atom. The SMILES string of the molecule is CCOc1cc(Cl)cc(NC(=O)c2cc3ccccc3c(N=Nc3cc(CC)cc(Cl)c3S(=O)(=O)O)c2O)c1. The summed E-state index contributed by atoms with van der Waals surface area (Å²) >= 11 is 12.3. The molecule has 4 aromatic rings. The standard InChI is InChI=1S/C27H23Cl2N3O6S/c1-3-15-9-22(29)26(39(35,36)37)23(10-15)31-32-24-20-8-6-5-7-16(20)11-21(25(24)33)27(34)30-18-12-17(28)13-19(14-18)38-4-2/h5-14,33H,3-4H2,1-2H3,(H,30,34)(H,35,36,37). The molecule has 9 nitrogen and oxygen atoms in total. The van der Waals surface area contributed by atoms with Gasteiger partial charge >= 0.3 is 0 Å². The van der Waals surface area contributed by atoms with Crippen molar-refractivity contribution in [2.75, 3.05) is 11.9 Å². The first-order valence-corrected chi connectivity index (χ1v) is 13.9. The van der Waals surface area contributed by atoms with Gasteiger partial charge in [0.25, 0.3) is 16.0 Å². The highest BCUT2D eigenvalue weighted by Gasteiger charge is 2.23. The summed E-state index contributed by atoms with van der Waals surface area (Å²) in [4.78, 5) is 12.6. The Labute approximate surface area is 234 Å². The lowest BCUT2D eigenvalue weighted by Gasteiger charge is -2.13. The maximum absolute atomic E-state index is 13.2. The Morgan fingerprint density at radius 3 is 2.46 bits per heavy atom. The molecule has 12 heteroatoms. The number of benzene rings is 4. The summed E-state index contributed by atoms with van der Waals surface area (Å²) in [5.41, 5.74) is 0.573. The molecule has 0 saturated heterocycles. The zero-order valence-electron chi connectivity index (χ0n) is 20.8. The normalized spacial score (nSPS) is 11.7. The number of aryl methyl sites for hydroxylation is 1. The molecule has 0 fully saturated rings. The first-order valence-electron chi connectivity index (χ1n) is 11.7. The average Bonchev–Trinajstić information content (AvgIpc) is 2.86. The fourth-order valence-electron chi connectivity index (χ4n) is 3.95. The van der Waals surface area contributed by atoms with Gasteiger partial charge in [-0.05, 0) is 54.6 Å². The van der Waals surface area contributed by atoms with Crippen molar-refractivity contribution >= 4 is 67.1 Å². The minimum atomic E-state index is -4.75. The van der Waals surface area contributed by atoms with E-state index in [1.54, 1.807) is 36.4 Å². The quantitative estimate of drug-likeness (QED) is 0.142. The molecule has 3 N–H and O–H groups in total. The lowest BCUT2D eigenvalue weighted by Crippen LogP contribution is -2.12. The average molecular weight is 588 g/mol. The Kier molecular flexibility index (Phi) is 8.41. The van der Waals surface area contributed by atoms with Crippen LogP contribution in [0, 0.1) is 0 Å². The highest BCUT2D eigenvalue weighted by molar-refractivity contribution is 7.86. The third-order valence-corrected chi connectivity index (χ3v) is 7.26. The molecule has 0 heterocycles. The molecule has 0 aliphatic rings.